The largest absolute Gasteiger partial charge is 0.394 e. The van der Waals surface area contributed by atoms with Crippen molar-refractivity contribution < 1.29 is 15.1 Å². The van der Waals surface area contributed by atoms with E-state index in [2.05, 4.69) is 20.3 Å². The predicted molar refractivity (Wildman–Crippen MR) is 55.5 cm³/mol. The smallest absolute Gasteiger partial charge is 0.369 e. The third-order valence-electron chi connectivity index (χ3n) is 1.76. The molecule has 1 rings (SSSR count). The van der Waals surface area contributed by atoms with Crippen molar-refractivity contribution in [1.82, 2.24) is 15.0 Å². The van der Waals surface area contributed by atoms with Crippen LogP contribution in [0.3, 0.4) is 0 Å². The number of imidazole rings is 1. The molecule has 1 heterocycles. The Morgan fingerprint density at radius 2 is 2.12 bits per heavy atom. The van der Waals surface area contributed by atoms with E-state index >= 15 is 0 Å². The molecule has 0 saturated carbocycles. The number of nitrogens with one attached hydrogen (secondary N) is 1. The molecule has 3 N–H and O–H groups in total. The molecule has 94 valence electrons. The lowest BCUT2D eigenvalue weighted by Crippen LogP contribution is -2.24. The fraction of sp³-hybridized carbons (Fsp3) is 0.571. The van der Waals surface area contributed by atoms with Gasteiger partial charge in [0.25, 0.3) is 5.82 Å². The lowest BCUT2D eigenvalue weighted by atomic mass is 10.6. The Labute approximate surface area is 95.7 Å². The van der Waals surface area contributed by atoms with Crippen LogP contribution < -0.4 is 0 Å². The zero-order valence-corrected chi connectivity index (χ0v) is 8.85. The Balaban J connectivity index is 2.73. The van der Waals surface area contributed by atoms with Gasteiger partial charge in [0, 0.05) is 0 Å². The predicted octanol–water partition coefficient (Wildman–Crippen LogP) is -0.397. The monoisotopic (exact) mass is 244 g/mol. The van der Waals surface area contributed by atoms with Crippen LogP contribution >= 0.6 is 0 Å². The Morgan fingerprint density at radius 3 is 2.65 bits per heavy atom. The van der Waals surface area contributed by atoms with E-state index < -0.39 is 4.92 Å². The van der Waals surface area contributed by atoms with Crippen LogP contribution in [0, 0.1) is 10.1 Å². The molecule has 17 heavy (non-hydrogen) atoms. The molecule has 0 unspecified atom stereocenters. The van der Waals surface area contributed by atoms with Gasteiger partial charge in [-0.25, -0.2) is 4.98 Å². The molecule has 0 spiro atoms. The van der Waals surface area contributed by atoms with Crippen LogP contribution in [0.2, 0.25) is 0 Å². The number of aliphatic hydroxyl groups excluding tert-OH is 2. The first kappa shape index (κ1) is 13.0. The molecule has 0 amide bonds. The van der Waals surface area contributed by atoms with Gasteiger partial charge in [0.05, 0.1) is 26.3 Å². The minimum absolute atomic E-state index is 0.157. The van der Waals surface area contributed by atoms with E-state index in [4.69, 9.17) is 10.2 Å². The van der Waals surface area contributed by atoms with Gasteiger partial charge in [-0.05, 0) is 4.92 Å². The molecule has 0 aromatic carbocycles. The topological polar surface area (TPSA) is 140 Å². The first-order chi connectivity index (χ1) is 8.19. The summed E-state index contributed by atoms with van der Waals surface area (Å²) < 4.78 is 0. The molecular formula is C7H12N6O4. The number of nitro groups is 1. The summed E-state index contributed by atoms with van der Waals surface area (Å²) in [6.07, 6.45) is 1.13. The average molecular weight is 244 g/mol. The van der Waals surface area contributed by atoms with Crippen LogP contribution in [0.25, 0.3) is 0 Å². The molecule has 0 aliphatic heterocycles. The lowest BCUT2D eigenvalue weighted by molar-refractivity contribution is -0.388. The summed E-state index contributed by atoms with van der Waals surface area (Å²) in [6, 6.07) is 0. The summed E-state index contributed by atoms with van der Waals surface area (Å²) in [4.78, 5) is 15.8. The van der Waals surface area contributed by atoms with Gasteiger partial charge < -0.3 is 20.3 Å². The van der Waals surface area contributed by atoms with Crippen LogP contribution in [0.15, 0.2) is 16.7 Å². The molecule has 10 heteroatoms. The molecule has 0 aliphatic rings. The third kappa shape index (κ3) is 3.77. The normalized spacial score (nSPS) is 10.9. The van der Waals surface area contributed by atoms with Crippen LogP contribution in [-0.2, 0) is 0 Å². The van der Waals surface area contributed by atoms with E-state index in [1.54, 1.807) is 0 Å². The lowest BCUT2D eigenvalue weighted by Gasteiger charge is -2.13. The van der Waals surface area contributed by atoms with Crippen molar-refractivity contribution in [1.29, 1.82) is 0 Å². The second-order valence-corrected chi connectivity index (χ2v) is 2.92. The highest BCUT2D eigenvalue weighted by Gasteiger charge is 2.14. The summed E-state index contributed by atoms with van der Waals surface area (Å²) in [7, 11) is 0. The highest BCUT2D eigenvalue weighted by molar-refractivity contribution is 5.44. The highest BCUT2D eigenvalue weighted by Crippen LogP contribution is 2.21. The fourth-order valence-electron chi connectivity index (χ4n) is 1.03. The van der Waals surface area contributed by atoms with Crippen molar-refractivity contribution in [2.45, 2.75) is 0 Å². The third-order valence-corrected chi connectivity index (χ3v) is 1.76. The maximum Gasteiger partial charge on any atom is 0.369 e. The number of aromatic amines is 1. The molecule has 1 aromatic rings. The standard InChI is InChI=1S/C7H12N6O4/c14-3-1-12(2-4-15)11-10-6-7(13(16)17)9-5-8-6/h5,14-15H,1-4H2,(H,8,9)/b11-10+. The number of rotatable bonds is 7. The van der Waals surface area contributed by atoms with E-state index in [9.17, 15) is 10.1 Å². The van der Waals surface area contributed by atoms with E-state index in [-0.39, 0.29) is 37.9 Å². The van der Waals surface area contributed by atoms with Crippen molar-refractivity contribution in [3.8, 4) is 0 Å². The minimum atomic E-state index is -0.663. The highest BCUT2D eigenvalue weighted by atomic mass is 16.6. The maximum absolute atomic E-state index is 10.5. The summed E-state index contributed by atoms with van der Waals surface area (Å²) in [5.74, 6) is -0.516. The second kappa shape index (κ2) is 6.50. The second-order valence-electron chi connectivity index (χ2n) is 2.92. The van der Waals surface area contributed by atoms with Crippen molar-refractivity contribution in [2.75, 3.05) is 26.3 Å². The van der Waals surface area contributed by atoms with Gasteiger partial charge in [0.15, 0.2) is 6.33 Å². The van der Waals surface area contributed by atoms with Crippen molar-refractivity contribution in [3.05, 3.63) is 16.4 Å². The molecule has 0 aliphatic carbocycles. The van der Waals surface area contributed by atoms with Crippen molar-refractivity contribution in [3.63, 3.8) is 0 Å². The van der Waals surface area contributed by atoms with Gasteiger partial charge in [-0.1, -0.05) is 5.22 Å². The Kier molecular flexibility index (Phi) is 4.97. The molecule has 10 nitrogen and oxygen atoms in total. The van der Waals surface area contributed by atoms with Gasteiger partial charge in [-0.3, -0.25) is 5.01 Å². The SMILES string of the molecule is O=[N+]([O-])c1[nH]cnc1/N=N/N(CCO)CCO. The molecular weight excluding hydrogens is 232 g/mol. The summed E-state index contributed by atoms with van der Waals surface area (Å²) in [5.41, 5.74) is 0. The molecule has 0 atom stereocenters. The summed E-state index contributed by atoms with van der Waals surface area (Å²) in [6.45, 7) is 0.00786. The fourth-order valence-corrected chi connectivity index (χ4v) is 1.03. The Bertz CT molecular complexity index is 385. The van der Waals surface area contributed by atoms with E-state index in [1.165, 1.54) is 5.01 Å². The Morgan fingerprint density at radius 1 is 1.47 bits per heavy atom. The van der Waals surface area contributed by atoms with E-state index in [0.717, 1.165) is 6.33 Å². The zero-order chi connectivity index (χ0) is 12.7. The van der Waals surface area contributed by atoms with Crippen LogP contribution in [0.5, 0.6) is 0 Å². The zero-order valence-electron chi connectivity index (χ0n) is 8.85. The first-order valence-corrected chi connectivity index (χ1v) is 4.75. The van der Waals surface area contributed by atoms with Crippen LogP contribution in [0.4, 0.5) is 11.6 Å². The molecule has 0 radical (unpaired) electrons. The average Bonchev–Trinajstić information content (AvgIpc) is 2.74. The van der Waals surface area contributed by atoms with Crippen LogP contribution in [0.1, 0.15) is 0 Å². The number of aromatic nitrogens is 2. The minimum Gasteiger partial charge on any atom is -0.394 e. The van der Waals surface area contributed by atoms with Crippen molar-refractivity contribution in [2.24, 2.45) is 10.3 Å². The Hall–Kier alpha value is -2.07. The van der Waals surface area contributed by atoms with Crippen molar-refractivity contribution >= 4 is 11.6 Å². The van der Waals surface area contributed by atoms with Gasteiger partial charge >= 0.3 is 5.82 Å². The first-order valence-electron chi connectivity index (χ1n) is 4.75. The number of nitrogens with zero attached hydrogens (tertiary/aromatic N) is 5. The summed E-state index contributed by atoms with van der Waals surface area (Å²) >= 11 is 0. The molecule has 0 saturated heterocycles. The number of hydrogen-bond acceptors (Lipinski definition) is 7. The van der Waals surface area contributed by atoms with Gasteiger partial charge in [0.2, 0.25) is 0 Å². The summed E-state index contributed by atoms with van der Waals surface area (Å²) in [5, 5.41) is 36.4. The molecule has 0 fully saturated rings. The number of aliphatic hydroxyl groups is 2. The van der Waals surface area contributed by atoms with Gasteiger partial charge in [-0.2, -0.15) is 4.98 Å². The quantitative estimate of drug-likeness (QED) is 0.338. The maximum atomic E-state index is 10.5. The van der Waals surface area contributed by atoms with Crippen LogP contribution in [-0.4, -0.2) is 56.4 Å². The van der Waals surface area contributed by atoms with E-state index in [1.807, 2.05) is 0 Å². The molecule has 1 aromatic heterocycles. The number of hydrogen-bond donors (Lipinski definition) is 3. The number of H-pyrrole nitrogens is 1. The van der Waals surface area contributed by atoms with E-state index in [0.29, 0.717) is 0 Å². The van der Waals surface area contributed by atoms with Gasteiger partial charge in [-0.15, -0.1) is 5.11 Å². The molecule has 0 bridgehead atoms. The van der Waals surface area contributed by atoms with Gasteiger partial charge in [0.1, 0.15) is 0 Å².